The Morgan fingerprint density at radius 1 is 1.38 bits per heavy atom. The average molecular weight is 295 g/mol. The third-order valence-corrected chi connectivity index (χ3v) is 4.34. The SMILES string of the molecule is CCC(C)NC(=O)CCN1C(=O)NC(=O)C2(CCC2)C1=O. The smallest absolute Gasteiger partial charge is 0.330 e. The molecule has 7 nitrogen and oxygen atoms in total. The molecular weight excluding hydrogens is 274 g/mol. The molecule has 0 aromatic rings. The van der Waals surface area contributed by atoms with E-state index in [1.54, 1.807) is 0 Å². The summed E-state index contributed by atoms with van der Waals surface area (Å²) in [6.45, 7) is 3.85. The summed E-state index contributed by atoms with van der Waals surface area (Å²) in [6.07, 6.45) is 2.61. The molecule has 2 N–H and O–H groups in total. The normalized spacial score (nSPS) is 21.8. The summed E-state index contributed by atoms with van der Waals surface area (Å²) in [7, 11) is 0. The molecule has 1 atom stereocenters. The first-order valence-electron chi connectivity index (χ1n) is 7.37. The number of carbonyl (C=O) groups excluding carboxylic acids is 4. The first-order valence-corrected chi connectivity index (χ1v) is 7.37. The topological polar surface area (TPSA) is 95.6 Å². The molecule has 1 saturated heterocycles. The predicted octanol–water partition coefficient (Wildman–Crippen LogP) is 0.540. The molecule has 0 bridgehead atoms. The highest BCUT2D eigenvalue weighted by Gasteiger charge is 2.57. The van der Waals surface area contributed by atoms with Crippen LogP contribution in [0.15, 0.2) is 0 Å². The molecule has 2 aliphatic rings. The quantitative estimate of drug-likeness (QED) is 0.724. The van der Waals surface area contributed by atoms with E-state index in [0.29, 0.717) is 12.8 Å². The van der Waals surface area contributed by atoms with Gasteiger partial charge in [-0.05, 0) is 26.2 Å². The highest BCUT2D eigenvalue weighted by Crippen LogP contribution is 2.44. The summed E-state index contributed by atoms with van der Waals surface area (Å²) in [4.78, 5) is 48.7. The van der Waals surface area contributed by atoms with Gasteiger partial charge in [0.2, 0.25) is 17.7 Å². The second-order valence-corrected chi connectivity index (χ2v) is 5.78. The van der Waals surface area contributed by atoms with E-state index in [2.05, 4.69) is 10.6 Å². The van der Waals surface area contributed by atoms with Crippen LogP contribution in [0.25, 0.3) is 0 Å². The zero-order valence-electron chi connectivity index (χ0n) is 12.4. The summed E-state index contributed by atoms with van der Waals surface area (Å²) in [5.41, 5.74) is -1.07. The Morgan fingerprint density at radius 3 is 2.57 bits per heavy atom. The second-order valence-electron chi connectivity index (χ2n) is 5.78. The maximum Gasteiger partial charge on any atom is 0.330 e. The number of amides is 5. The van der Waals surface area contributed by atoms with Gasteiger partial charge in [0, 0.05) is 19.0 Å². The number of nitrogens with one attached hydrogen (secondary N) is 2. The van der Waals surface area contributed by atoms with Crippen LogP contribution in [0.5, 0.6) is 0 Å². The van der Waals surface area contributed by atoms with Crippen molar-refractivity contribution in [3.8, 4) is 0 Å². The van der Waals surface area contributed by atoms with Crippen molar-refractivity contribution in [3.05, 3.63) is 0 Å². The maximum atomic E-state index is 12.4. The molecule has 1 saturated carbocycles. The predicted molar refractivity (Wildman–Crippen MR) is 74.0 cm³/mol. The van der Waals surface area contributed by atoms with Gasteiger partial charge in [0.25, 0.3) is 0 Å². The number of hydrogen-bond donors (Lipinski definition) is 2. The molecule has 2 rings (SSSR count). The number of imide groups is 2. The Bertz CT molecular complexity index is 485. The summed E-state index contributed by atoms with van der Waals surface area (Å²) >= 11 is 0. The van der Waals surface area contributed by atoms with Crippen molar-refractivity contribution < 1.29 is 19.2 Å². The van der Waals surface area contributed by atoms with Gasteiger partial charge in [-0.1, -0.05) is 13.3 Å². The molecule has 7 heteroatoms. The number of nitrogens with zero attached hydrogens (tertiary/aromatic N) is 1. The number of barbiturate groups is 1. The van der Waals surface area contributed by atoms with Gasteiger partial charge < -0.3 is 5.32 Å². The maximum absolute atomic E-state index is 12.4. The van der Waals surface area contributed by atoms with Crippen LogP contribution >= 0.6 is 0 Å². The van der Waals surface area contributed by atoms with Crippen LogP contribution in [-0.4, -0.2) is 41.2 Å². The number of hydrogen-bond acceptors (Lipinski definition) is 4. The molecule has 116 valence electrons. The number of urea groups is 1. The Morgan fingerprint density at radius 2 is 2.05 bits per heavy atom. The zero-order chi connectivity index (χ0) is 15.6. The molecule has 1 spiro atoms. The molecule has 1 unspecified atom stereocenters. The average Bonchev–Trinajstić information content (AvgIpc) is 2.36. The molecule has 0 aromatic heterocycles. The zero-order valence-corrected chi connectivity index (χ0v) is 12.4. The van der Waals surface area contributed by atoms with Crippen molar-refractivity contribution in [3.63, 3.8) is 0 Å². The fraction of sp³-hybridized carbons (Fsp3) is 0.714. The van der Waals surface area contributed by atoms with Crippen LogP contribution in [0.2, 0.25) is 0 Å². The largest absolute Gasteiger partial charge is 0.354 e. The van der Waals surface area contributed by atoms with Gasteiger partial charge in [0.05, 0.1) is 0 Å². The van der Waals surface area contributed by atoms with Gasteiger partial charge in [0.1, 0.15) is 5.41 Å². The lowest BCUT2D eigenvalue weighted by Gasteiger charge is -2.44. The van der Waals surface area contributed by atoms with E-state index in [9.17, 15) is 19.2 Å². The Balaban J connectivity index is 1.96. The van der Waals surface area contributed by atoms with E-state index in [1.807, 2.05) is 13.8 Å². The van der Waals surface area contributed by atoms with Gasteiger partial charge in [0.15, 0.2) is 0 Å². The van der Waals surface area contributed by atoms with Crippen molar-refractivity contribution in [2.75, 3.05) is 6.54 Å². The van der Waals surface area contributed by atoms with Crippen molar-refractivity contribution in [2.45, 2.75) is 52.0 Å². The van der Waals surface area contributed by atoms with Gasteiger partial charge in [-0.3, -0.25) is 24.6 Å². The molecule has 0 radical (unpaired) electrons. The van der Waals surface area contributed by atoms with Gasteiger partial charge in [-0.15, -0.1) is 0 Å². The molecule has 5 amide bonds. The minimum absolute atomic E-state index is 0.00195. The lowest BCUT2D eigenvalue weighted by atomic mass is 9.66. The molecular formula is C14H21N3O4. The summed E-state index contributed by atoms with van der Waals surface area (Å²) in [5.74, 6) is -1.16. The fourth-order valence-corrected chi connectivity index (χ4v) is 2.57. The van der Waals surface area contributed by atoms with Crippen LogP contribution in [-0.2, 0) is 14.4 Å². The van der Waals surface area contributed by atoms with E-state index >= 15 is 0 Å². The second kappa shape index (κ2) is 5.83. The van der Waals surface area contributed by atoms with Gasteiger partial charge in [-0.2, -0.15) is 0 Å². The highest BCUT2D eigenvalue weighted by molar-refractivity contribution is 6.19. The summed E-state index contributed by atoms with van der Waals surface area (Å²) in [5, 5.41) is 5.00. The van der Waals surface area contributed by atoms with Crippen LogP contribution < -0.4 is 10.6 Å². The van der Waals surface area contributed by atoms with E-state index in [0.717, 1.165) is 17.7 Å². The number of carbonyl (C=O) groups is 4. The number of rotatable bonds is 5. The molecule has 1 aliphatic heterocycles. The molecule has 0 aromatic carbocycles. The third kappa shape index (κ3) is 2.77. The standard InChI is InChI=1S/C14H21N3O4/c1-3-9(2)15-10(18)5-8-17-12(20)14(6-4-7-14)11(19)16-13(17)21/h9H,3-8H2,1-2H3,(H,15,18)(H,16,19,21). The fourth-order valence-electron chi connectivity index (χ4n) is 2.57. The van der Waals surface area contributed by atoms with Gasteiger partial charge in [-0.25, -0.2) is 4.79 Å². The van der Waals surface area contributed by atoms with Crippen LogP contribution in [0.3, 0.4) is 0 Å². The van der Waals surface area contributed by atoms with Gasteiger partial charge >= 0.3 is 6.03 Å². The van der Waals surface area contributed by atoms with Crippen molar-refractivity contribution in [1.29, 1.82) is 0 Å². The van der Waals surface area contributed by atoms with Crippen LogP contribution in [0, 0.1) is 5.41 Å². The Hall–Kier alpha value is -1.92. The first kappa shape index (κ1) is 15.5. The molecule has 1 aliphatic carbocycles. The highest BCUT2D eigenvalue weighted by atomic mass is 16.2. The van der Waals surface area contributed by atoms with Crippen LogP contribution in [0.1, 0.15) is 46.0 Å². The minimum atomic E-state index is -1.07. The van der Waals surface area contributed by atoms with Crippen molar-refractivity contribution in [1.82, 2.24) is 15.5 Å². The minimum Gasteiger partial charge on any atom is -0.354 e. The Labute approximate surface area is 123 Å². The van der Waals surface area contributed by atoms with E-state index < -0.39 is 23.3 Å². The van der Waals surface area contributed by atoms with E-state index in [-0.39, 0.29) is 24.9 Å². The lowest BCUT2D eigenvalue weighted by Crippen LogP contribution is -2.66. The molecule has 2 fully saturated rings. The molecule has 21 heavy (non-hydrogen) atoms. The summed E-state index contributed by atoms with van der Waals surface area (Å²) < 4.78 is 0. The van der Waals surface area contributed by atoms with E-state index in [1.165, 1.54) is 0 Å². The van der Waals surface area contributed by atoms with Crippen LogP contribution in [0.4, 0.5) is 4.79 Å². The Kier molecular flexibility index (Phi) is 4.29. The van der Waals surface area contributed by atoms with E-state index in [4.69, 9.17) is 0 Å². The first-order chi connectivity index (χ1) is 9.90. The monoisotopic (exact) mass is 295 g/mol. The van der Waals surface area contributed by atoms with Crippen molar-refractivity contribution >= 4 is 23.8 Å². The third-order valence-electron chi connectivity index (χ3n) is 4.34. The lowest BCUT2D eigenvalue weighted by molar-refractivity contribution is -0.157. The molecule has 1 heterocycles. The summed E-state index contributed by atoms with van der Waals surface area (Å²) in [6, 6.07) is -0.665. The van der Waals surface area contributed by atoms with Crippen molar-refractivity contribution in [2.24, 2.45) is 5.41 Å².